The number of hydrogen-bond donors (Lipinski definition) is 1. The molecule has 0 unspecified atom stereocenters. The topological polar surface area (TPSA) is 78.3 Å². The van der Waals surface area contributed by atoms with Gasteiger partial charge in [-0.3, -0.25) is 14.3 Å². The van der Waals surface area contributed by atoms with Crippen LogP contribution in [0.5, 0.6) is 11.8 Å². The van der Waals surface area contributed by atoms with E-state index >= 15 is 0 Å². The first-order valence-corrected chi connectivity index (χ1v) is 11.3. The minimum atomic E-state index is -3.81. The van der Waals surface area contributed by atoms with Crippen LogP contribution in [0.2, 0.25) is 0 Å². The van der Waals surface area contributed by atoms with Gasteiger partial charge in [-0.15, -0.1) is 8.78 Å². The minimum absolute atomic E-state index is 0.128. The van der Waals surface area contributed by atoms with Crippen LogP contribution in [0.3, 0.4) is 0 Å². The fourth-order valence-corrected chi connectivity index (χ4v) is 4.26. The van der Waals surface area contributed by atoms with E-state index in [-0.39, 0.29) is 17.7 Å². The van der Waals surface area contributed by atoms with Crippen molar-refractivity contribution in [3.8, 4) is 22.9 Å². The molecule has 0 spiro atoms. The molecule has 0 saturated heterocycles. The monoisotopic (exact) mass is 498 g/mol. The molecule has 5 rings (SSSR count). The molecule has 1 aliphatic rings. The Kier molecular flexibility index (Phi) is 5.80. The van der Waals surface area contributed by atoms with E-state index in [1.165, 1.54) is 24.3 Å². The van der Waals surface area contributed by atoms with Crippen molar-refractivity contribution in [3.63, 3.8) is 0 Å². The number of pyridine rings is 1. The highest BCUT2D eigenvalue weighted by Gasteiger charge is 2.28. The molecule has 0 fully saturated rings. The molecule has 35 heavy (non-hydrogen) atoms. The van der Waals surface area contributed by atoms with Crippen LogP contribution >= 0.6 is 11.6 Å². The second kappa shape index (κ2) is 8.81. The molecule has 10 heteroatoms. The van der Waals surface area contributed by atoms with Crippen molar-refractivity contribution in [2.24, 2.45) is 0 Å². The van der Waals surface area contributed by atoms with Crippen molar-refractivity contribution in [1.82, 2.24) is 14.5 Å². The van der Waals surface area contributed by atoms with Crippen LogP contribution in [0, 0.1) is 6.92 Å². The molecular formula is C25H21ClF2N4O3. The van der Waals surface area contributed by atoms with Gasteiger partial charge >= 0.3 is 5.57 Å². The number of halogens is 3. The molecule has 1 amide bonds. The number of fused-ring (bicyclic) bond motifs is 3. The Hall–Kier alpha value is -3.72. The van der Waals surface area contributed by atoms with Crippen LogP contribution in [0.25, 0.3) is 22.2 Å². The number of rotatable bonds is 5. The summed E-state index contributed by atoms with van der Waals surface area (Å²) in [6.45, 7) is 4.64. The summed E-state index contributed by atoms with van der Waals surface area (Å²) in [5, 5.41) is 2.78. The van der Waals surface area contributed by atoms with E-state index in [0.717, 1.165) is 28.6 Å². The van der Waals surface area contributed by atoms with Crippen LogP contribution in [0.4, 0.5) is 14.5 Å². The van der Waals surface area contributed by atoms with Gasteiger partial charge in [0, 0.05) is 58.8 Å². The highest BCUT2D eigenvalue weighted by Crippen LogP contribution is 2.38. The van der Waals surface area contributed by atoms with Crippen molar-refractivity contribution < 1.29 is 23.0 Å². The molecule has 1 N–H and O–H groups in total. The molecule has 7 nitrogen and oxygen atoms in total. The van der Waals surface area contributed by atoms with Gasteiger partial charge in [0.25, 0.3) is 11.9 Å². The molecule has 1 atom stereocenters. The molecule has 0 bridgehead atoms. The summed E-state index contributed by atoms with van der Waals surface area (Å²) in [7, 11) is 0. The lowest BCUT2D eigenvalue weighted by Crippen LogP contribution is -2.18. The molecule has 0 saturated carbocycles. The molecule has 2 aromatic carbocycles. The van der Waals surface area contributed by atoms with E-state index in [4.69, 9.17) is 16.3 Å². The number of nitrogens with zero attached hydrogens (tertiary/aromatic N) is 3. The highest BCUT2D eigenvalue weighted by molar-refractivity contribution is 6.20. The number of aryl methyl sites for hydroxylation is 1. The van der Waals surface area contributed by atoms with Crippen molar-refractivity contribution in [2.75, 3.05) is 11.9 Å². The maximum atomic E-state index is 13.2. The lowest BCUT2D eigenvalue weighted by atomic mass is 10.0. The standard InChI is InChI=1S/C25H21ClF2N4O3/c1-14-9-17(13-29-12-14)20-10-16(11-21-22(20)32-15(2)7-8-34-24(32)31-21)23(33)30-18-3-5-19(6-4-18)35-25(26,27)28/h3-6,9-13,15H,7-8H2,1-2H3,(H,30,33)/t15-/m1/s1. The average Bonchev–Trinajstić information content (AvgIpc) is 3.18. The van der Waals surface area contributed by atoms with Gasteiger partial charge < -0.3 is 14.8 Å². The van der Waals surface area contributed by atoms with Gasteiger partial charge in [-0.1, -0.05) is 0 Å². The quantitative estimate of drug-likeness (QED) is 0.333. The molecule has 2 aromatic heterocycles. The summed E-state index contributed by atoms with van der Waals surface area (Å²) in [6.07, 6.45) is 4.37. The minimum Gasteiger partial charge on any atom is -0.465 e. The Balaban J connectivity index is 1.54. The Labute approximate surface area is 204 Å². The number of carbonyl (C=O) groups is 1. The van der Waals surface area contributed by atoms with Gasteiger partial charge in [-0.25, -0.2) is 0 Å². The third kappa shape index (κ3) is 4.77. The Morgan fingerprint density at radius 3 is 2.71 bits per heavy atom. The number of benzene rings is 2. The first-order valence-electron chi connectivity index (χ1n) is 11.0. The second-order valence-electron chi connectivity index (χ2n) is 8.42. The van der Waals surface area contributed by atoms with Gasteiger partial charge in [-0.2, -0.15) is 4.98 Å². The summed E-state index contributed by atoms with van der Waals surface area (Å²) >= 11 is 4.79. The first kappa shape index (κ1) is 23.0. The molecule has 4 aromatic rings. The highest BCUT2D eigenvalue weighted by atomic mass is 35.5. The number of imidazole rings is 1. The number of ether oxygens (including phenoxy) is 2. The predicted molar refractivity (Wildman–Crippen MR) is 128 cm³/mol. The molecule has 180 valence electrons. The third-order valence-electron chi connectivity index (χ3n) is 5.75. The maximum Gasteiger partial charge on any atom is 0.487 e. The normalized spacial score (nSPS) is 15.4. The summed E-state index contributed by atoms with van der Waals surface area (Å²) in [4.78, 5) is 22.1. The van der Waals surface area contributed by atoms with Crippen molar-refractivity contribution >= 4 is 34.2 Å². The number of alkyl halides is 3. The summed E-state index contributed by atoms with van der Waals surface area (Å²) < 4.78 is 37.8. The number of anilines is 1. The molecular weight excluding hydrogens is 478 g/mol. The van der Waals surface area contributed by atoms with Gasteiger partial charge in [-0.05, 0) is 61.9 Å². The van der Waals surface area contributed by atoms with Crippen molar-refractivity contribution in [3.05, 3.63) is 66.0 Å². The fraction of sp³-hybridized carbons (Fsp3) is 0.240. The second-order valence-corrected chi connectivity index (χ2v) is 8.86. The molecule has 1 aliphatic heterocycles. The zero-order valence-corrected chi connectivity index (χ0v) is 19.6. The zero-order valence-electron chi connectivity index (χ0n) is 18.9. The van der Waals surface area contributed by atoms with E-state index < -0.39 is 5.57 Å². The smallest absolute Gasteiger partial charge is 0.465 e. The van der Waals surface area contributed by atoms with Gasteiger partial charge in [0.05, 0.1) is 17.6 Å². The molecule has 0 aliphatic carbocycles. The number of nitrogens with one attached hydrogen (secondary N) is 1. The first-order chi connectivity index (χ1) is 16.7. The summed E-state index contributed by atoms with van der Waals surface area (Å²) in [5.74, 6) is -0.513. The van der Waals surface area contributed by atoms with Crippen LogP contribution < -0.4 is 14.8 Å². The van der Waals surface area contributed by atoms with Crippen LogP contribution in [0.1, 0.15) is 35.3 Å². The van der Waals surface area contributed by atoms with E-state index in [1.807, 2.05) is 13.0 Å². The van der Waals surface area contributed by atoms with Gasteiger partial charge in [0.1, 0.15) is 5.75 Å². The Bertz CT molecular complexity index is 1420. The van der Waals surface area contributed by atoms with Crippen molar-refractivity contribution in [1.29, 1.82) is 0 Å². The lowest BCUT2D eigenvalue weighted by Gasteiger charge is -2.23. The largest absolute Gasteiger partial charge is 0.487 e. The van der Waals surface area contributed by atoms with Crippen LogP contribution in [0.15, 0.2) is 54.9 Å². The summed E-state index contributed by atoms with van der Waals surface area (Å²) in [5.41, 5.74) is 1.13. The van der Waals surface area contributed by atoms with Crippen LogP contribution in [-0.4, -0.2) is 32.6 Å². The Morgan fingerprint density at radius 1 is 1.23 bits per heavy atom. The van der Waals surface area contributed by atoms with Gasteiger partial charge in [0.2, 0.25) is 0 Å². The van der Waals surface area contributed by atoms with E-state index in [9.17, 15) is 13.6 Å². The average molecular weight is 499 g/mol. The number of amides is 1. The number of carbonyl (C=O) groups excluding carboxylic acids is 1. The SMILES string of the molecule is Cc1cncc(-c2cc(C(=O)Nc3ccc(OC(F)(F)Cl)cc3)cc3nc4n(c23)[C@H](C)CCO4)c1. The number of hydrogen-bond acceptors (Lipinski definition) is 5. The van der Waals surface area contributed by atoms with E-state index in [0.29, 0.717) is 29.4 Å². The lowest BCUT2D eigenvalue weighted by molar-refractivity contribution is -0.0964. The van der Waals surface area contributed by atoms with Crippen molar-refractivity contribution in [2.45, 2.75) is 31.9 Å². The predicted octanol–water partition coefficient (Wildman–Crippen LogP) is 6.17. The van der Waals surface area contributed by atoms with E-state index in [1.54, 1.807) is 24.5 Å². The summed E-state index contributed by atoms with van der Waals surface area (Å²) in [6, 6.07) is 11.7. The number of aromatic nitrogens is 3. The van der Waals surface area contributed by atoms with E-state index in [2.05, 4.69) is 31.5 Å². The molecule has 3 heterocycles. The van der Waals surface area contributed by atoms with Gasteiger partial charge in [0.15, 0.2) is 0 Å². The zero-order chi connectivity index (χ0) is 24.7. The fourth-order valence-electron chi connectivity index (χ4n) is 4.17. The third-order valence-corrected chi connectivity index (χ3v) is 5.83. The maximum absolute atomic E-state index is 13.2. The Morgan fingerprint density at radius 2 is 2.00 bits per heavy atom. The van der Waals surface area contributed by atoms with Crippen LogP contribution in [-0.2, 0) is 0 Å². The molecule has 0 radical (unpaired) electrons.